The van der Waals surface area contributed by atoms with Gasteiger partial charge in [0.25, 0.3) is 11.1 Å². The summed E-state index contributed by atoms with van der Waals surface area (Å²) in [7, 11) is 1.47. The number of imide groups is 1. The minimum absolute atomic E-state index is 0.144. The van der Waals surface area contributed by atoms with Crippen LogP contribution in [-0.2, 0) is 20.9 Å². The molecule has 2 aromatic carbocycles. The first-order chi connectivity index (χ1) is 16.7. The lowest BCUT2D eigenvalue weighted by Gasteiger charge is -2.19. The number of rotatable bonds is 9. The molecule has 0 spiro atoms. The van der Waals surface area contributed by atoms with Crippen molar-refractivity contribution in [2.45, 2.75) is 26.5 Å². The van der Waals surface area contributed by atoms with Crippen molar-refractivity contribution in [1.29, 1.82) is 0 Å². The fourth-order valence-electron chi connectivity index (χ4n) is 3.20. The molecule has 1 aliphatic heterocycles. The van der Waals surface area contributed by atoms with Crippen LogP contribution < -0.4 is 9.47 Å². The number of hydrogen-bond donors (Lipinski definition) is 1. The highest BCUT2D eigenvalue weighted by Crippen LogP contribution is 2.40. The zero-order valence-corrected chi connectivity index (χ0v) is 21.5. The second-order valence-corrected chi connectivity index (χ2v) is 9.15. The monoisotopic (exact) mass is 563 g/mol. The largest absolute Gasteiger partial charge is 0.493 e. The summed E-state index contributed by atoms with van der Waals surface area (Å²) in [5.41, 5.74) is 1.51. The van der Waals surface area contributed by atoms with Gasteiger partial charge in [-0.15, -0.1) is 0 Å². The average Bonchev–Trinajstić information content (AvgIpc) is 3.10. The molecule has 11 heteroatoms. The van der Waals surface area contributed by atoms with Crippen LogP contribution in [0.25, 0.3) is 6.08 Å². The van der Waals surface area contributed by atoms with E-state index in [1.54, 1.807) is 31.2 Å². The van der Waals surface area contributed by atoms with Gasteiger partial charge in [0.05, 0.1) is 28.7 Å². The molecule has 2 amide bonds. The lowest BCUT2D eigenvalue weighted by Crippen LogP contribution is -2.42. The van der Waals surface area contributed by atoms with E-state index in [0.29, 0.717) is 21.5 Å². The predicted molar refractivity (Wildman–Crippen MR) is 132 cm³/mol. The smallest absolute Gasteiger partial charge is 0.335 e. The van der Waals surface area contributed by atoms with Crippen LogP contribution in [0.3, 0.4) is 0 Å². The number of halogens is 1. The second-order valence-electron chi connectivity index (χ2n) is 7.30. The quantitative estimate of drug-likeness (QED) is 0.341. The summed E-state index contributed by atoms with van der Waals surface area (Å²) >= 11 is 4.18. The Morgan fingerprint density at radius 3 is 2.49 bits per heavy atom. The van der Waals surface area contributed by atoms with Crippen molar-refractivity contribution in [3.63, 3.8) is 0 Å². The molecule has 1 heterocycles. The maximum atomic E-state index is 12.8. The van der Waals surface area contributed by atoms with Gasteiger partial charge in [0.15, 0.2) is 11.5 Å². The van der Waals surface area contributed by atoms with Crippen LogP contribution in [0, 0.1) is 0 Å². The first kappa shape index (κ1) is 26.3. The molecular formula is C24H22BrNO8S. The number of carboxylic acid groups (broad SMARTS) is 1. The van der Waals surface area contributed by atoms with E-state index in [-0.39, 0.29) is 23.7 Å². The van der Waals surface area contributed by atoms with E-state index in [1.807, 2.05) is 0 Å². The van der Waals surface area contributed by atoms with Crippen LogP contribution >= 0.6 is 27.7 Å². The van der Waals surface area contributed by atoms with Crippen molar-refractivity contribution in [1.82, 2.24) is 4.90 Å². The molecule has 1 aliphatic rings. The average molecular weight is 564 g/mol. The van der Waals surface area contributed by atoms with Gasteiger partial charge in [-0.05, 0) is 83.0 Å². The van der Waals surface area contributed by atoms with E-state index in [0.717, 1.165) is 22.2 Å². The molecule has 0 unspecified atom stereocenters. The maximum absolute atomic E-state index is 12.8. The van der Waals surface area contributed by atoms with Crippen molar-refractivity contribution in [3.8, 4) is 11.5 Å². The number of amides is 2. The highest BCUT2D eigenvalue weighted by Gasteiger charge is 2.41. The summed E-state index contributed by atoms with van der Waals surface area (Å²) in [4.78, 5) is 49.2. The van der Waals surface area contributed by atoms with Gasteiger partial charge in [-0.25, -0.2) is 9.59 Å². The molecule has 1 fully saturated rings. The summed E-state index contributed by atoms with van der Waals surface area (Å²) < 4.78 is 16.8. The molecule has 1 N–H and O–H groups in total. The number of methoxy groups -OCH3 is 1. The summed E-state index contributed by atoms with van der Waals surface area (Å²) in [6.07, 6.45) is 1.53. The number of aromatic carboxylic acids is 1. The molecule has 0 bridgehead atoms. The van der Waals surface area contributed by atoms with E-state index in [4.69, 9.17) is 19.3 Å². The van der Waals surface area contributed by atoms with E-state index in [1.165, 1.54) is 32.2 Å². The third-order valence-electron chi connectivity index (χ3n) is 4.97. The third kappa shape index (κ3) is 6.04. The number of carbonyl (C=O) groups is 4. The van der Waals surface area contributed by atoms with Crippen molar-refractivity contribution >= 4 is 56.9 Å². The van der Waals surface area contributed by atoms with Crippen molar-refractivity contribution in [3.05, 3.63) is 62.5 Å². The number of carboxylic acids is 1. The Morgan fingerprint density at radius 1 is 1.20 bits per heavy atom. The number of carbonyl (C=O) groups excluding carboxylic acids is 3. The molecule has 0 saturated carbocycles. The highest BCUT2D eigenvalue weighted by atomic mass is 79.9. The Kier molecular flexibility index (Phi) is 8.57. The Balaban J connectivity index is 1.79. The SMILES string of the molecule is CCOC(=O)[C@H](C)N1C(=O)S/C(=C/c2cc(Br)c(OCc3ccc(C(=O)O)cc3)c(OC)c2)C1=O. The van der Waals surface area contributed by atoms with Gasteiger partial charge in [0, 0.05) is 0 Å². The number of hydrogen-bond acceptors (Lipinski definition) is 8. The number of esters is 1. The molecule has 0 radical (unpaired) electrons. The minimum Gasteiger partial charge on any atom is -0.493 e. The summed E-state index contributed by atoms with van der Waals surface area (Å²) in [5.74, 6) is -1.45. The van der Waals surface area contributed by atoms with Crippen LogP contribution in [0.2, 0.25) is 0 Å². The molecular weight excluding hydrogens is 542 g/mol. The van der Waals surface area contributed by atoms with E-state index in [2.05, 4.69) is 15.9 Å². The van der Waals surface area contributed by atoms with Crippen molar-refractivity contribution in [2.75, 3.05) is 13.7 Å². The molecule has 0 aliphatic carbocycles. The van der Waals surface area contributed by atoms with Gasteiger partial charge < -0.3 is 19.3 Å². The standard InChI is InChI=1S/C24H22BrNO8S/c1-4-33-23(30)13(2)26-21(27)19(35-24(26)31)11-15-9-17(25)20(18(10-15)32-3)34-12-14-5-7-16(8-6-14)22(28)29/h5-11,13H,4,12H2,1-3H3,(H,28,29)/b19-11+/t13-/m0/s1. The fraction of sp³-hybridized carbons (Fsp3) is 0.250. The normalized spacial score (nSPS) is 15.3. The molecule has 9 nitrogen and oxygen atoms in total. The molecule has 0 aromatic heterocycles. The second kappa shape index (κ2) is 11.4. The van der Waals surface area contributed by atoms with E-state index >= 15 is 0 Å². The predicted octanol–water partition coefficient (Wildman–Crippen LogP) is 4.72. The fourth-order valence-corrected chi connectivity index (χ4v) is 4.68. The molecule has 3 rings (SSSR count). The third-order valence-corrected chi connectivity index (χ3v) is 6.44. The first-order valence-corrected chi connectivity index (χ1v) is 12.0. The Labute approximate surface area is 214 Å². The lowest BCUT2D eigenvalue weighted by atomic mass is 10.1. The van der Waals surface area contributed by atoms with Crippen molar-refractivity contribution < 1.29 is 38.5 Å². The lowest BCUT2D eigenvalue weighted by molar-refractivity contribution is -0.150. The molecule has 1 saturated heterocycles. The number of nitrogens with zero attached hydrogens (tertiary/aromatic N) is 1. The van der Waals surface area contributed by atoms with Gasteiger partial charge in [-0.2, -0.15) is 0 Å². The van der Waals surface area contributed by atoms with Crippen LogP contribution in [0.5, 0.6) is 11.5 Å². The molecule has 2 aromatic rings. The van der Waals surface area contributed by atoms with E-state index < -0.39 is 29.1 Å². The Morgan fingerprint density at radius 2 is 1.89 bits per heavy atom. The summed E-state index contributed by atoms with van der Waals surface area (Å²) in [6.45, 7) is 3.40. The van der Waals surface area contributed by atoms with Crippen LogP contribution in [-0.4, -0.2) is 52.8 Å². The zero-order chi connectivity index (χ0) is 25.7. The molecule has 35 heavy (non-hydrogen) atoms. The van der Waals surface area contributed by atoms with Crippen molar-refractivity contribution in [2.24, 2.45) is 0 Å². The summed E-state index contributed by atoms with van der Waals surface area (Å²) in [6, 6.07) is 8.62. The number of thioether (sulfide) groups is 1. The summed E-state index contributed by atoms with van der Waals surface area (Å²) in [5, 5.41) is 8.46. The first-order valence-electron chi connectivity index (χ1n) is 10.4. The Bertz CT molecular complexity index is 1190. The van der Waals surface area contributed by atoms with Gasteiger partial charge in [-0.1, -0.05) is 12.1 Å². The van der Waals surface area contributed by atoms with Gasteiger partial charge in [0.1, 0.15) is 12.6 Å². The Hall–Kier alpha value is -3.31. The minimum atomic E-state index is -1.03. The molecule has 184 valence electrons. The van der Waals surface area contributed by atoms with Crippen LogP contribution in [0.4, 0.5) is 4.79 Å². The maximum Gasteiger partial charge on any atom is 0.335 e. The van der Waals surface area contributed by atoms with Crippen LogP contribution in [0.1, 0.15) is 35.3 Å². The van der Waals surface area contributed by atoms with Crippen LogP contribution in [0.15, 0.2) is 45.8 Å². The zero-order valence-electron chi connectivity index (χ0n) is 19.1. The highest BCUT2D eigenvalue weighted by molar-refractivity contribution is 9.10. The van der Waals surface area contributed by atoms with Gasteiger partial charge >= 0.3 is 11.9 Å². The molecule has 1 atom stereocenters. The number of ether oxygens (including phenoxy) is 3. The topological polar surface area (TPSA) is 119 Å². The van der Waals surface area contributed by atoms with Gasteiger partial charge in [0.2, 0.25) is 0 Å². The van der Waals surface area contributed by atoms with Gasteiger partial charge in [-0.3, -0.25) is 14.5 Å². The van der Waals surface area contributed by atoms with E-state index in [9.17, 15) is 19.2 Å². The number of benzene rings is 2.